The Bertz CT molecular complexity index is 1190. The molecule has 0 N–H and O–H groups in total. The van der Waals surface area contributed by atoms with Crippen LogP contribution in [0.2, 0.25) is 0 Å². The van der Waals surface area contributed by atoms with E-state index in [1.807, 2.05) is 43.3 Å². The summed E-state index contributed by atoms with van der Waals surface area (Å²) < 4.78 is 4.88. The van der Waals surface area contributed by atoms with Gasteiger partial charge in [0.15, 0.2) is 0 Å². The molecule has 0 aliphatic rings. The van der Waals surface area contributed by atoms with Crippen LogP contribution in [0.4, 0.5) is 11.5 Å². The topological polar surface area (TPSA) is 103 Å². The van der Waals surface area contributed by atoms with Crippen LogP contribution in [-0.4, -0.2) is 28.9 Å². The largest absolute Gasteiger partial charge is 0.465 e. The van der Waals surface area contributed by atoms with Crippen molar-refractivity contribution in [2.24, 2.45) is 0 Å². The summed E-state index contributed by atoms with van der Waals surface area (Å²) in [5.74, 6) is -0.598. The van der Waals surface area contributed by atoms with Gasteiger partial charge in [-0.3, -0.25) is 19.8 Å². The molecule has 0 aliphatic carbocycles. The van der Waals surface area contributed by atoms with Crippen molar-refractivity contribution in [2.75, 3.05) is 12.0 Å². The van der Waals surface area contributed by atoms with E-state index >= 15 is 0 Å². The van der Waals surface area contributed by atoms with Crippen LogP contribution in [-0.2, 0) is 16.1 Å². The number of unbranched alkanes of at least 4 members (excludes halogenated alkanes) is 1. The average molecular weight is 462 g/mol. The van der Waals surface area contributed by atoms with E-state index in [0.717, 1.165) is 23.1 Å². The van der Waals surface area contributed by atoms with Gasteiger partial charge in [0, 0.05) is 18.2 Å². The predicted molar refractivity (Wildman–Crippen MR) is 130 cm³/mol. The number of amides is 1. The average Bonchev–Trinajstić information content (AvgIpc) is 2.85. The molecular formula is C26H27N3O5. The summed E-state index contributed by atoms with van der Waals surface area (Å²) in [6.07, 6.45) is 3.26. The van der Waals surface area contributed by atoms with Gasteiger partial charge >= 0.3 is 11.7 Å². The number of hydrogen-bond acceptors (Lipinski definition) is 6. The van der Waals surface area contributed by atoms with E-state index in [2.05, 4.69) is 4.98 Å². The van der Waals surface area contributed by atoms with E-state index in [4.69, 9.17) is 4.74 Å². The highest BCUT2D eigenvalue weighted by Crippen LogP contribution is 2.31. The Labute approximate surface area is 198 Å². The number of aromatic nitrogens is 1. The molecule has 1 amide bonds. The highest BCUT2D eigenvalue weighted by Gasteiger charge is 2.27. The van der Waals surface area contributed by atoms with Crippen molar-refractivity contribution in [1.29, 1.82) is 0 Å². The molecule has 0 radical (unpaired) electrons. The molecule has 0 atom stereocenters. The number of esters is 1. The molecule has 0 spiro atoms. The van der Waals surface area contributed by atoms with Crippen LogP contribution in [0.25, 0.3) is 11.1 Å². The van der Waals surface area contributed by atoms with Gasteiger partial charge in [0.25, 0.3) is 0 Å². The zero-order valence-electron chi connectivity index (χ0n) is 19.5. The first-order valence-corrected chi connectivity index (χ1v) is 11.0. The minimum atomic E-state index is -0.495. The maximum absolute atomic E-state index is 13.0. The maximum atomic E-state index is 13.0. The first-order valence-electron chi connectivity index (χ1n) is 11.0. The fraction of sp³-hybridized carbons (Fsp3) is 0.269. The minimum Gasteiger partial charge on any atom is -0.465 e. The number of ether oxygens (including phenoxy) is 1. The fourth-order valence-corrected chi connectivity index (χ4v) is 3.70. The minimum absolute atomic E-state index is 0.0474. The van der Waals surface area contributed by atoms with Crippen molar-refractivity contribution >= 4 is 23.4 Å². The van der Waals surface area contributed by atoms with Crippen molar-refractivity contribution in [3.8, 4) is 11.1 Å². The molecule has 2 aromatic carbocycles. The molecule has 3 aromatic rings. The summed E-state index contributed by atoms with van der Waals surface area (Å²) in [6.45, 7) is 3.75. The third-order valence-electron chi connectivity index (χ3n) is 5.53. The highest BCUT2D eigenvalue weighted by molar-refractivity contribution is 5.97. The summed E-state index contributed by atoms with van der Waals surface area (Å²) in [6, 6.07) is 16.1. The molecule has 0 saturated carbocycles. The monoisotopic (exact) mass is 461 g/mol. The van der Waals surface area contributed by atoms with Gasteiger partial charge in [-0.1, -0.05) is 55.8 Å². The number of nitro groups is 1. The Morgan fingerprint density at radius 3 is 2.44 bits per heavy atom. The molecule has 1 aromatic heterocycles. The molecular weight excluding hydrogens is 434 g/mol. The molecule has 0 saturated heterocycles. The third kappa shape index (κ3) is 5.46. The van der Waals surface area contributed by atoms with Gasteiger partial charge in [0.05, 0.1) is 24.1 Å². The summed E-state index contributed by atoms with van der Waals surface area (Å²) >= 11 is 0. The molecule has 3 rings (SSSR count). The van der Waals surface area contributed by atoms with E-state index in [1.54, 1.807) is 25.1 Å². The lowest BCUT2D eigenvalue weighted by molar-refractivity contribution is -0.384. The number of benzene rings is 2. The van der Waals surface area contributed by atoms with Gasteiger partial charge in [0.1, 0.15) is 0 Å². The smallest absolute Gasteiger partial charge is 0.338 e. The predicted octanol–water partition coefficient (Wildman–Crippen LogP) is 5.48. The second-order valence-corrected chi connectivity index (χ2v) is 7.87. The first kappa shape index (κ1) is 24.6. The number of anilines is 1. The van der Waals surface area contributed by atoms with Gasteiger partial charge in [-0.2, -0.15) is 0 Å². The van der Waals surface area contributed by atoms with Crippen LogP contribution in [0.1, 0.15) is 47.7 Å². The van der Waals surface area contributed by atoms with Crippen molar-refractivity contribution in [3.63, 3.8) is 0 Å². The Morgan fingerprint density at radius 1 is 1.09 bits per heavy atom. The molecule has 1 heterocycles. The van der Waals surface area contributed by atoms with Crippen LogP contribution in [0.5, 0.6) is 0 Å². The number of pyridine rings is 1. The summed E-state index contributed by atoms with van der Waals surface area (Å²) in [5, 5.41) is 11.7. The van der Waals surface area contributed by atoms with Gasteiger partial charge in [-0.25, -0.2) is 9.78 Å². The molecule has 8 heteroatoms. The van der Waals surface area contributed by atoms with Crippen molar-refractivity contribution in [3.05, 3.63) is 87.6 Å². The lowest BCUT2D eigenvalue weighted by Gasteiger charge is -2.22. The van der Waals surface area contributed by atoms with E-state index in [0.29, 0.717) is 17.5 Å². The second kappa shape index (κ2) is 11.2. The van der Waals surface area contributed by atoms with Crippen molar-refractivity contribution < 1.29 is 19.2 Å². The van der Waals surface area contributed by atoms with E-state index in [9.17, 15) is 19.7 Å². The fourth-order valence-electron chi connectivity index (χ4n) is 3.70. The Kier molecular flexibility index (Phi) is 8.08. The Morgan fingerprint density at radius 2 is 1.79 bits per heavy atom. The van der Waals surface area contributed by atoms with Crippen LogP contribution >= 0.6 is 0 Å². The van der Waals surface area contributed by atoms with E-state index in [1.165, 1.54) is 18.2 Å². The normalized spacial score (nSPS) is 10.6. The molecule has 176 valence electrons. The zero-order chi connectivity index (χ0) is 24.7. The van der Waals surface area contributed by atoms with Gasteiger partial charge in [-0.05, 0) is 42.2 Å². The van der Waals surface area contributed by atoms with Crippen LogP contribution in [0, 0.1) is 17.0 Å². The summed E-state index contributed by atoms with van der Waals surface area (Å²) in [5.41, 5.74) is 3.05. The first-order chi connectivity index (χ1) is 16.4. The molecule has 8 nitrogen and oxygen atoms in total. The third-order valence-corrected chi connectivity index (χ3v) is 5.53. The maximum Gasteiger partial charge on any atom is 0.338 e. The van der Waals surface area contributed by atoms with Crippen LogP contribution < -0.4 is 4.90 Å². The number of carbonyl (C=O) groups is 2. The van der Waals surface area contributed by atoms with Gasteiger partial charge < -0.3 is 4.74 Å². The number of rotatable bonds is 9. The number of nitrogens with zero attached hydrogens (tertiary/aromatic N) is 3. The lowest BCUT2D eigenvalue weighted by Crippen LogP contribution is -2.31. The number of hydrogen-bond donors (Lipinski definition) is 0. The summed E-state index contributed by atoms with van der Waals surface area (Å²) in [4.78, 5) is 42.0. The molecule has 34 heavy (non-hydrogen) atoms. The van der Waals surface area contributed by atoms with Crippen molar-refractivity contribution in [1.82, 2.24) is 4.98 Å². The second-order valence-electron chi connectivity index (χ2n) is 7.87. The SMILES string of the molecule is CCCCC(=O)N(Cc1ccc(-c2ccccc2C(=O)OC)cc1)c1nccc(C)c1[N+](=O)[O-]. The molecule has 0 bridgehead atoms. The van der Waals surface area contributed by atoms with E-state index in [-0.39, 0.29) is 30.4 Å². The molecule has 0 aliphatic heterocycles. The summed E-state index contributed by atoms with van der Waals surface area (Å²) in [7, 11) is 1.34. The Hall–Kier alpha value is -4.07. The zero-order valence-corrected chi connectivity index (χ0v) is 19.5. The highest BCUT2D eigenvalue weighted by atomic mass is 16.6. The lowest BCUT2D eigenvalue weighted by atomic mass is 9.98. The quantitative estimate of drug-likeness (QED) is 0.238. The standard InChI is InChI=1S/C26H27N3O5/c1-4-5-10-23(30)28(25-24(29(32)33)18(2)15-16-27-25)17-19-11-13-20(14-12-19)21-8-6-7-9-22(21)26(31)34-3/h6-9,11-16H,4-5,10,17H2,1-3H3. The number of aryl methyl sites for hydroxylation is 1. The molecule has 0 unspecified atom stereocenters. The van der Waals surface area contributed by atoms with Crippen LogP contribution in [0.3, 0.4) is 0 Å². The molecule has 0 fully saturated rings. The number of carbonyl (C=O) groups excluding carboxylic acids is 2. The van der Waals surface area contributed by atoms with Crippen LogP contribution in [0.15, 0.2) is 60.8 Å². The van der Waals surface area contributed by atoms with E-state index < -0.39 is 10.9 Å². The Balaban J connectivity index is 1.96. The van der Waals surface area contributed by atoms with Crippen molar-refractivity contribution in [2.45, 2.75) is 39.7 Å². The van der Waals surface area contributed by atoms with Gasteiger partial charge in [-0.15, -0.1) is 0 Å². The number of methoxy groups -OCH3 is 1. The van der Waals surface area contributed by atoms with Gasteiger partial charge in [0.2, 0.25) is 11.7 Å².